The van der Waals surface area contributed by atoms with Crippen LogP contribution in [0.3, 0.4) is 0 Å². The van der Waals surface area contributed by atoms with E-state index in [1.165, 1.54) is 0 Å². The van der Waals surface area contributed by atoms with Gasteiger partial charge in [-0.15, -0.1) is 0 Å². The van der Waals surface area contributed by atoms with Gasteiger partial charge in [0.05, 0.1) is 0 Å². The first-order valence-electron chi connectivity index (χ1n) is 6.10. The molecule has 0 radical (unpaired) electrons. The zero-order valence-corrected chi connectivity index (χ0v) is 11.0. The lowest BCUT2D eigenvalue weighted by atomic mass is 10.3. The first-order chi connectivity index (χ1) is 9.15. The molecular formula is C11H20N6O2. The van der Waals surface area contributed by atoms with Crippen LogP contribution in [-0.2, 0) is 16.1 Å². The molecule has 6 N–H and O–H groups in total. The van der Waals surface area contributed by atoms with Gasteiger partial charge < -0.3 is 21.2 Å². The largest absolute Gasteiger partial charge is 0.374 e. The fraction of sp³-hybridized carbons (Fsp3) is 0.545. The van der Waals surface area contributed by atoms with Crippen molar-refractivity contribution in [1.82, 2.24) is 9.97 Å². The number of nitrogens with one attached hydrogen (secondary N) is 2. The average Bonchev–Trinajstić information content (AvgIpc) is 2.41. The molecule has 8 heteroatoms. The molecule has 0 aliphatic rings. The second-order valence-corrected chi connectivity index (χ2v) is 3.83. The summed E-state index contributed by atoms with van der Waals surface area (Å²) in [6, 6.07) is 1.68. The van der Waals surface area contributed by atoms with E-state index in [1.807, 2.05) is 6.92 Å². The van der Waals surface area contributed by atoms with Crippen LogP contribution < -0.4 is 22.3 Å². The number of nitrogen functional groups attached to an aromatic ring is 1. The molecule has 19 heavy (non-hydrogen) atoms. The number of nitrogens with zero attached hydrogens (tertiary/aromatic N) is 2. The van der Waals surface area contributed by atoms with Crippen molar-refractivity contribution in [3.63, 3.8) is 0 Å². The Hall–Kier alpha value is -1.93. The van der Waals surface area contributed by atoms with E-state index in [-0.39, 0.29) is 5.91 Å². The zero-order chi connectivity index (χ0) is 14.1. The first kappa shape index (κ1) is 15.1. The number of carbonyl (C=O) groups is 1. The van der Waals surface area contributed by atoms with Crippen LogP contribution in [0.2, 0.25) is 0 Å². The molecule has 0 aromatic carbocycles. The SMILES string of the molecule is CCOCc1nc(NN)cc(NCCCC(N)=O)n1. The van der Waals surface area contributed by atoms with E-state index in [0.29, 0.717) is 50.1 Å². The quantitative estimate of drug-likeness (QED) is 0.281. The number of hydrogen-bond donors (Lipinski definition) is 4. The monoisotopic (exact) mass is 268 g/mol. The summed E-state index contributed by atoms with van der Waals surface area (Å²) in [7, 11) is 0. The molecule has 1 amide bonds. The van der Waals surface area contributed by atoms with Crippen LogP contribution in [-0.4, -0.2) is 29.0 Å². The maximum absolute atomic E-state index is 10.6. The third-order valence-corrected chi connectivity index (χ3v) is 2.26. The third kappa shape index (κ3) is 5.98. The van der Waals surface area contributed by atoms with Crippen LogP contribution in [0.5, 0.6) is 0 Å². The summed E-state index contributed by atoms with van der Waals surface area (Å²) in [6.07, 6.45) is 0.984. The molecule has 8 nitrogen and oxygen atoms in total. The Morgan fingerprint density at radius 2 is 2.16 bits per heavy atom. The van der Waals surface area contributed by atoms with Gasteiger partial charge in [0.25, 0.3) is 0 Å². The fourth-order valence-electron chi connectivity index (χ4n) is 1.40. The molecule has 1 heterocycles. The van der Waals surface area contributed by atoms with Gasteiger partial charge in [0.2, 0.25) is 5.91 Å². The van der Waals surface area contributed by atoms with Crippen LogP contribution in [0, 0.1) is 0 Å². The number of primary amides is 1. The zero-order valence-electron chi connectivity index (χ0n) is 11.0. The Bertz CT molecular complexity index is 412. The number of hydrogen-bond acceptors (Lipinski definition) is 7. The maximum atomic E-state index is 10.6. The van der Waals surface area contributed by atoms with Crippen molar-refractivity contribution in [3.05, 3.63) is 11.9 Å². The number of carbonyl (C=O) groups excluding carboxylic acids is 1. The molecular weight excluding hydrogens is 248 g/mol. The van der Waals surface area contributed by atoms with Crippen molar-refractivity contribution in [2.45, 2.75) is 26.4 Å². The van der Waals surface area contributed by atoms with E-state index in [2.05, 4.69) is 20.7 Å². The van der Waals surface area contributed by atoms with Crippen molar-refractivity contribution in [1.29, 1.82) is 0 Å². The molecule has 0 fully saturated rings. The number of anilines is 2. The molecule has 0 saturated heterocycles. The Balaban J connectivity index is 2.57. The molecule has 1 rings (SSSR count). The van der Waals surface area contributed by atoms with Crippen LogP contribution in [0.4, 0.5) is 11.6 Å². The normalized spacial score (nSPS) is 10.2. The van der Waals surface area contributed by atoms with Crippen molar-refractivity contribution >= 4 is 17.5 Å². The standard InChI is InChI=1S/C11H20N6O2/c1-2-19-7-11-15-9(6-10(16-11)17-13)14-5-3-4-8(12)18/h6H,2-5,7,13H2,1H3,(H2,12,18)(H2,14,15,16,17). The molecule has 0 saturated carbocycles. The molecule has 1 aromatic rings. The van der Waals surface area contributed by atoms with Gasteiger partial charge in [-0.2, -0.15) is 0 Å². The molecule has 0 bridgehead atoms. The van der Waals surface area contributed by atoms with E-state index < -0.39 is 0 Å². The summed E-state index contributed by atoms with van der Waals surface area (Å²) >= 11 is 0. The number of ether oxygens (including phenoxy) is 1. The summed E-state index contributed by atoms with van der Waals surface area (Å²) in [4.78, 5) is 19.0. The number of amides is 1. The van der Waals surface area contributed by atoms with E-state index in [4.69, 9.17) is 16.3 Å². The minimum absolute atomic E-state index is 0.314. The highest BCUT2D eigenvalue weighted by Crippen LogP contribution is 2.11. The predicted molar refractivity (Wildman–Crippen MR) is 72.1 cm³/mol. The highest BCUT2D eigenvalue weighted by molar-refractivity contribution is 5.73. The molecule has 106 valence electrons. The first-order valence-corrected chi connectivity index (χ1v) is 6.10. The number of hydrazine groups is 1. The Kier molecular flexibility index (Phi) is 6.55. The van der Waals surface area contributed by atoms with Gasteiger partial charge in [0, 0.05) is 25.6 Å². The summed E-state index contributed by atoms with van der Waals surface area (Å²) in [5.74, 6) is 6.69. The Labute approximate surface area is 111 Å². The van der Waals surface area contributed by atoms with E-state index in [1.54, 1.807) is 6.07 Å². The number of rotatable bonds is 9. The van der Waals surface area contributed by atoms with Crippen LogP contribution in [0.1, 0.15) is 25.6 Å². The van der Waals surface area contributed by atoms with Crippen molar-refractivity contribution < 1.29 is 9.53 Å². The van der Waals surface area contributed by atoms with Gasteiger partial charge in [-0.25, -0.2) is 15.8 Å². The highest BCUT2D eigenvalue weighted by atomic mass is 16.5. The van der Waals surface area contributed by atoms with Gasteiger partial charge in [0.1, 0.15) is 18.2 Å². The Morgan fingerprint density at radius 3 is 2.79 bits per heavy atom. The van der Waals surface area contributed by atoms with E-state index in [9.17, 15) is 4.79 Å². The lowest BCUT2D eigenvalue weighted by Gasteiger charge is -2.09. The second-order valence-electron chi connectivity index (χ2n) is 3.83. The molecule has 0 aliphatic carbocycles. The van der Waals surface area contributed by atoms with Crippen molar-refractivity contribution in [2.24, 2.45) is 11.6 Å². The molecule has 0 spiro atoms. The molecule has 0 aliphatic heterocycles. The van der Waals surface area contributed by atoms with Crippen LogP contribution in [0.15, 0.2) is 6.07 Å². The van der Waals surface area contributed by atoms with Gasteiger partial charge in [-0.05, 0) is 13.3 Å². The molecule has 0 atom stereocenters. The van der Waals surface area contributed by atoms with Crippen molar-refractivity contribution in [2.75, 3.05) is 23.9 Å². The van der Waals surface area contributed by atoms with Crippen molar-refractivity contribution in [3.8, 4) is 0 Å². The maximum Gasteiger partial charge on any atom is 0.217 e. The Morgan fingerprint density at radius 1 is 1.42 bits per heavy atom. The molecule has 0 unspecified atom stereocenters. The highest BCUT2D eigenvalue weighted by Gasteiger charge is 2.04. The topological polar surface area (TPSA) is 128 Å². The minimum atomic E-state index is -0.314. The lowest BCUT2D eigenvalue weighted by Crippen LogP contribution is -2.15. The van der Waals surface area contributed by atoms with Gasteiger partial charge in [0.15, 0.2) is 5.82 Å². The van der Waals surface area contributed by atoms with Crippen LogP contribution in [0.25, 0.3) is 0 Å². The fourth-order valence-corrected chi connectivity index (χ4v) is 1.40. The second kappa shape index (κ2) is 8.22. The van der Waals surface area contributed by atoms with E-state index in [0.717, 1.165) is 0 Å². The average molecular weight is 268 g/mol. The van der Waals surface area contributed by atoms with E-state index >= 15 is 0 Å². The molecule has 1 aromatic heterocycles. The van der Waals surface area contributed by atoms with Gasteiger partial charge in [-0.1, -0.05) is 0 Å². The number of nitrogens with two attached hydrogens (primary N) is 2. The number of aromatic nitrogens is 2. The lowest BCUT2D eigenvalue weighted by molar-refractivity contribution is -0.118. The third-order valence-electron chi connectivity index (χ3n) is 2.26. The van der Waals surface area contributed by atoms with Gasteiger partial charge >= 0.3 is 0 Å². The summed E-state index contributed by atoms with van der Waals surface area (Å²) in [5.41, 5.74) is 7.53. The summed E-state index contributed by atoms with van der Waals surface area (Å²) < 4.78 is 5.25. The van der Waals surface area contributed by atoms with Gasteiger partial charge in [-0.3, -0.25) is 4.79 Å². The summed E-state index contributed by atoms with van der Waals surface area (Å²) in [6.45, 7) is 3.40. The summed E-state index contributed by atoms with van der Waals surface area (Å²) in [5, 5.41) is 3.08. The smallest absolute Gasteiger partial charge is 0.217 e. The predicted octanol–water partition coefficient (Wildman–Crippen LogP) is -0.0239. The minimum Gasteiger partial charge on any atom is -0.374 e. The van der Waals surface area contributed by atoms with Crippen LogP contribution >= 0.6 is 0 Å².